The molecule has 6 heteroatoms. The maximum Gasteiger partial charge on any atom is 1.00 e. The van der Waals surface area contributed by atoms with E-state index in [1.54, 1.807) is 30.3 Å². The van der Waals surface area contributed by atoms with E-state index in [1.807, 2.05) is 0 Å². The first-order chi connectivity index (χ1) is 6.54. The fourth-order valence-corrected chi connectivity index (χ4v) is 1.84. The van der Waals surface area contributed by atoms with Crippen LogP contribution in [-0.4, -0.2) is 13.0 Å². The van der Waals surface area contributed by atoms with Crippen molar-refractivity contribution in [3.63, 3.8) is 0 Å². The van der Waals surface area contributed by atoms with Gasteiger partial charge in [-0.15, -0.1) is 0 Å². The van der Waals surface area contributed by atoms with Crippen molar-refractivity contribution in [3.8, 4) is 0 Å². The molecule has 0 bridgehead atoms. The molecule has 0 atom stereocenters. The van der Waals surface area contributed by atoms with Crippen LogP contribution in [0.15, 0.2) is 40.8 Å². The summed E-state index contributed by atoms with van der Waals surface area (Å²) >= 11 is 5.26. The molecule has 0 spiro atoms. The van der Waals surface area contributed by atoms with Crippen molar-refractivity contribution in [2.45, 2.75) is 6.42 Å². The Morgan fingerprint density at radius 1 is 1.33 bits per heavy atom. The molecule has 0 unspecified atom stereocenters. The first-order valence-electron chi connectivity index (χ1n) is 3.83. The summed E-state index contributed by atoms with van der Waals surface area (Å²) in [7, 11) is -4.43. The van der Waals surface area contributed by atoms with E-state index in [4.69, 9.17) is 11.6 Å². The molecule has 0 aromatic heterocycles. The average molecular weight is 255 g/mol. The zero-order valence-corrected chi connectivity index (χ0v) is 11.8. The molecule has 3 nitrogen and oxygen atoms in total. The van der Waals surface area contributed by atoms with Crippen LogP contribution in [-0.2, 0) is 16.5 Å². The van der Waals surface area contributed by atoms with Crippen molar-refractivity contribution in [1.82, 2.24) is 0 Å². The van der Waals surface area contributed by atoms with E-state index < -0.39 is 10.1 Å². The van der Waals surface area contributed by atoms with Crippen LogP contribution >= 0.6 is 11.6 Å². The molecular weight excluding hydrogens is 247 g/mol. The largest absolute Gasteiger partial charge is 1.00 e. The first kappa shape index (κ1) is 15.2. The molecule has 1 aromatic carbocycles. The van der Waals surface area contributed by atoms with Crippen molar-refractivity contribution in [2.24, 2.45) is 0 Å². The van der Waals surface area contributed by atoms with Gasteiger partial charge in [-0.25, -0.2) is 8.42 Å². The Labute approximate surface area is 116 Å². The number of halogens is 1. The zero-order chi connectivity index (χ0) is 10.6. The van der Waals surface area contributed by atoms with E-state index in [0.29, 0.717) is 0 Å². The summed E-state index contributed by atoms with van der Waals surface area (Å²) in [6.07, 6.45) is 0.0379. The Bertz CT molecular complexity index is 428. The van der Waals surface area contributed by atoms with Crippen LogP contribution in [0.2, 0.25) is 0 Å². The zero-order valence-electron chi connectivity index (χ0n) is 8.18. The summed E-state index contributed by atoms with van der Waals surface area (Å²) < 4.78 is 32.0. The fourth-order valence-electron chi connectivity index (χ4n) is 0.979. The quantitative estimate of drug-likeness (QED) is 0.506. The Hall–Kier alpha value is 0.160. The van der Waals surface area contributed by atoms with E-state index in [1.165, 1.54) is 0 Å². The van der Waals surface area contributed by atoms with Crippen LogP contribution in [0.4, 0.5) is 0 Å². The number of allylic oxidation sites excluding steroid dienone is 1. The Morgan fingerprint density at radius 3 is 2.27 bits per heavy atom. The van der Waals surface area contributed by atoms with Crippen molar-refractivity contribution in [1.29, 1.82) is 0 Å². The van der Waals surface area contributed by atoms with E-state index in [2.05, 4.69) is 0 Å². The molecule has 0 aliphatic rings. The Balaban J connectivity index is 0.00000196. The van der Waals surface area contributed by atoms with Crippen molar-refractivity contribution in [2.75, 3.05) is 0 Å². The molecule has 0 fully saturated rings. The van der Waals surface area contributed by atoms with Gasteiger partial charge in [-0.05, 0) is 5.56 Å². The minimum absolute atomic E-state index is 0. The maximum absolute atomic E-state index is 10.7. The minimum Gasteiger partial charge on any atom is -0.744 e. The number of rotatable bonds is 3. The van der Waals surface area contributed by atoms with Gasteiger partial charge in [-0.2, -0.15) is 0 Å². The molecule has 15 heavy (non-hydrogen) atoms. The van der Waals surface area contributed by atoms with E-state index in [-0.39, 0.29) is 40.9 Å². The van der Waals surface area contributed by atoms with E-state index >= 15 is 0 Å². The van der Waals surface area contributed by atoms with Gasteiger partial charge < -0.3 is 4.55 Å². The molecule has 0 aliphatic carbocycles. The second-order valence-corrected chi connectivity index (χ2v) is 4.34. The normalized spacial score (nSPS) is 12.0. The summed E-state index contributed by atoms with van der Waals surface area (Å²) in [5, 5.41) is 0. The summed E-state index contributed by atoms with van der Waals surface area (Å²) in [6.45, 7) is 0. The van der Waals surface area contributed by atoms with Crippen molar-refractivity contribution >= 4 is 21.7 Å². The van der Waals surface area contributed by atoms with Gasteiger partial charge in [0.2, 0.25) is 0 Å². The van der Waals surface area contributed by atoms with Gasteiger partial charge in [0.1, 0.15) is 10.1 Å². The fraction of sp³-hybridized carbons (Fsp3) is 0.111. The second-order valence-electron chi connectivity index (χ2n) is 2.69. The average Bonchev–Trinajstić information content (AvgIpc) is 2.14. The molecule has 0 aliphatic heterocycles. The standard InChI is InChI=1S/C9H9ClO3S.Na/c10-7-9(14(11,12)13)6-8-4-2-1-3-5-8;/h1-5,7H,6H2,(H,11,12,13);/q;+1/p-1/b9-7-;. The van der Waals surface area contributed by atoms with Crippen LogP contribution in [0.25, 0.3) is 0 Å². The van der Waals surface area contributed by atoms with Crippen LogP contribution in [0.1, 0.15) is 5.56 Å². The third-order valence-corrected chi connectivity index (χ3v) is 2.96. The molecule has 0 amide bonds. The van der Waals surface area contributed by atoms with Crippen molar-refractivity contribution < 1.29 is 42.5 Å². The van der Waals surface area contributed by atoms with Gasteiger partial charge in [0.05, 0.1) is 0 Å². The van der Waals surface area contributed by atoms with Gasteiger partial charge in [0.25, 0.3) is 0 Å². The Morgan fingerprint density at radius 2 is 1.87 bits per heavy atom. The number of hydrogen-bond donors (Lipinski definition) is 0. The molecule has 76 valence electrons. The molecular formula is C9H8ClNaO3S. The van der Waals surface area contributed by atoms with Gasteiger partial charge >= 0.3 is 29.6 Å². The van der Waals surface area contributed by atoms with E-state index in [0.717, 1.165) is 11.1 Å². The van der Waals surface area contributed by atoms with Crippen molar-refractivity contribution in [3.05, 3.63) is 46.3 Å². The minimum atomic E-state index is -4.43. The predicted octanol–water partition coefficient (Wildman–Crippen LogP) is -1.14. The van der Waals surface area contributed by atoms with Crippen LogP contribution in [0, 0.1) is 0 Å². The van der Waals surface area contributed by atoms with Gasteiger partial charge in [-0.1, -0.05) is 41.9 Å². The topological polar surface area (TPSA) is 57.2 Å². The predicted molar refractivity (Wildman–Crippen MR) is 53.8 cm³/mol. The smallest absolute Gasteiger partial charge is 0.744 e. The Kier molecular flexibility index (Phi) is 6.75. The molecule has 1 aromatic rings. The SMILES string of the molecule is O=S(=O)([O-])/C(=C\Cl)Cc1ccccc1.[Na+]. The molecule has 0 saturated heterocycles. The third kappa shape index (κ3) is 5.15. The maximum atomic E-state index is 10.7. The first-order valence-corrected chi connectivity index (χ1v) is 5.67. The van der Waals surface area contributed by atoms with Gasteiger partial charge in [0.15, 0.2) is 0 Å². The summed E-state index contributed by atoms with van der Waals surface area (Å²) in [4.78, 5) is -0.314. The van der Waals surface area contributed by atoms with Gasteiger partial charge in [0, 0.05) is 16.9 Å². The molecule has 0 N–H and O–H groups in total. The molecule has 1 rings (SSSR count). The van der Waals surface area contributed by atoms with Crippen LogP contribution in [0.5, 0.6) is 0 Å². The van der Waals surface area contributed by atoms with Gasteiger partial charge in [-0.3, -0.25) is 0 Å². The number of hydrogen-bond acceptors (Lipinski definition) is 3. The third-order valence-electron chi connectivity index (χ3n) is 1.66. The van der Waals surface area contributed by atoms with Crippen LogP contribution in [0.3, 0.4) is 0 Å². The van der Waals surface area contributed by atoms with Crippen LogP contribution < -0.4 is 29.6 Å². The molecule has 0 radical (unpaired) electrons. The molecule has 0 heterocycles. The van der Waals surface area contributed by atoms with E-state index in [9.17, 15) is 13.0 Å². The summed E-state index contributed by atoms with van der Waals surface area (Å²) in [5.74, 6) is 0. The molecule has 0 saturated carbocycles. The second kappa shape index (κ2) is 6.68. The monoisotopic (exact) mass is 254 g/mol. The number of benzene rings is 1. The summed E-state index contributed by atoms with van der Waals surface area (Å²) in [6, 6.07) is 8.79. The summed E-state index contributed by atoms with van der Waals surface area (Å²) in [5.41, 5.74) is 1.55.